The molecule has 2 aromatic heterocycles. The van der Waals surface area contributed by atoms with Gasteiger partial charge in [-0.2, -0.15) is 5.10 Å². The van der Waals surface area contributed by atoms with Gasteiger partial charge in [0.2, 0.25) is 0 Å². The summed E-state index contributed by atoms with van der Waals surface area (Å²) in [6.07, 6.45) is 3.40. The number of aliphatic imine (C=N–C) groups is 1. The number of aromatic nitrogens is 2. The van der Waals surface area contributed by atoms with Crippen LogP contribution in [0.25, 0.3) is 0 Å². The van der Waals surface area contributed by atoms with E-state index < -0.39 is 0 Å². The van der Waals surface area contributed by atoms with Crippen LogP contribution < -0.4 is 15.4 Å². The van der Waals surface area contributed by atoms with Crippen molar-refractivity contribution in [3.63, 3.8) is 0 Å². The van der Waals surface area contributed by atoms with E-state index in [9.17, 15) is 0 Å². The molecule has 0 amide bonds. The van der Waals surface area contributed by atoms with Gasteiger partial charge in [-0.3, -0.25) is 4.68 Å². The molecule has 7 nitrogen and oxygen atoms in total. The number of halogens is 1. The number of ether oxygens (including phenoxy) is 1. The minimum Gasteiger partial charge on any atom is -0.497 e. The Morgan fingerprint density at radius 3 is 2.39 bits per heavy atom. The average molecular weight is 537 g/mol. The third kappa shape index (κ3) is 7.30. The van der Waals surface area contributed by atoms with Crippen molar-refractivity contribution in [3.8, 4) is 5.75 Å². The molecular weight excluding hydrogens is 505 g/mol. The van der Waals surface area contributed by atoms with E-state index in [0.29, 0.717) is 6.54 Å². The van der Waals surface area contributed by atoms with Gasteiger partial charge in [-0.05, 0) is 50.1 Å². The number of nitrogens with one attached hydrogen (secondary N) is 2. The van der Waals surface area contributed by atoms with Gasteiger partial charge in [-0.1, -0.05) is 12.1 Å². The van der Waals surface area contributed by atoms with Crippen molar-refractivity contribution in [2.75, 3.05) is 20.2 Å². The molecule has 1 aromatic carbocycles. The van der Waals surface area contributed by atoms with Gasteiger partial charge in [0, 0.05) is 37.8 Å². The molecule has 2 heterocycles. The van der Waals surface area contributed by atoms with Crippen molar-refractivity contribution in [3.05, 3.63) is 70.9 Å². The van der Waals surface area contributed by atoms with Crippen LogP contribution in [0.1, 0.15) is 28.3 Å². The van der Waals surface area contributed by atoms with Gasteiger partial charge < -0.3 is 19.8 Å². The van der Waals surface area contributed by atoms with E-state index in [0.717, 1.165) is 54.8 Å². The van der Waals surface area contributed by atoms with Crippen LogP contribution in [-0.2, 0) is 26.4 Å². The Labute approximate surface area is 201 Å². The summed E-state index contributed by atoms with van der Waals surface area (Å²) in [6, 6.07) is 12.0. The minimum atomic E-state index is 0. The molecule has 0 aliphatic rings. The summed E-state index contributed by atoms with van der Waals surface area (Å²) < 4.78 is 12.5. The second-order valence-electron chi connectivity index (χ2n) is 7.22. The molecular formula is C23H32IN5O2. The van der Waals surface area contributed by atoms with Gasteiger partial charge in [0.05, 0.1) is 25.6 Å². The highest BCUT2D eigenvalue weighted by molar-refractivity contribution is 14.0. The second kappa shape index (κ2) is 12.4. The van der Waals surface area contributed by atoms with Crippen LogP contribution >= 0.6 is 24.0 Å². The zero-order valence-electron chi connectivity index (χ0n) is 18.6. The van der Waals surface area contributed by atoms with E-state index in [4.69, 9.17) is 14.1 Å². The molecule has 0 unspecified atom stereocenters. The Balaban J connectivity index is 0.00000341. The first kappa shape index (κ1) is 24.8. The Hall–Kier alpha value is -2.49. The number of benzene rings is 1. The SMILES string of the molecule is COc1ccc(CCNC(=NCc2c(C)nn(C)c2C)NCCc2ccco2)cc1.I. The number of hydrogen-bond donors (Lipinski definition) is 2. The fourth-order valence-electron chi connectivity index (χ4n) is 3.26. The van der Waals surface area contributed by atoms with Crippen LogP contribution in [0.3, 0.4) is 0 Å². The summed E-state index contributed by atoms with van der Waals surface area (Å²) in [6.45, 7) is 6.21. The molecule has 0 saturated heterocycles. The molecule has 168 valence electrons. The highest BCUT2D eigenvalue weighted by Gasteiger charge is 2.09. The molecule has 2 N–H and O–H groups in total. The van der Waals surface area contributed by atoms with Gasteiger partial charge in [0.1, 0.15) is 11.5 Å². The van der Waals surface area contributed by atoms with Gasteiger partial charge in [-0.25, -0.2) is 4.99 Å². The zero-order valence-corrected chi connectivity index (χ0v) is 21.0. The maximum absolute atomic E-state index is 5.42. The topological polar surface area (TPSA) is 76.6 Å². The lowest BCUT2D eigenvalue weighted by Crippen LogP contribution is -2.39. The Morgan fingerprint density at radius 2 is 1.81 bits per heavy atom. The number of hydrogen-bond acceptors (Lipinski definition) is 4. The second-order valence-corrected chi connectivity index (χ2v) is 7.22. The lowest BCUT2D eigenvalue weighted by atomic mass is 10.1. The van der Waals surface area contributed by atoms with E-state index in [2.05, 4.69) is 34.8 Å². The predicted molar refractivity (Wildman–Crippen MR) is 134 cm³/mol. The smallest absolute Gasteiger partial charge is 0.191 e. The summed E-state index contributed by atoms with van der Waals surface area (Å²) in [4.78, 5) is 4.80. The first-order valence-electron chi connectivity index (χ1n) is 10.2. The Kier molecular flexibility index (Phi) is 9.90. The van der Waals surface area contributed by atoms with E-state index in [1.54, 1.807) is 13.4 Å². The van der Waals surface area contributed by atoms with Crippen molar-refractivity contribution < 1.29 is 9.15 Å². The van der Waals surface area contributed by atoms with E-state index >= 15 is 0 Å². The Morgan fingerprint density at radius 1 is 1.10 bits per heavy atom. The molecule has 0 saturated carbocycles. The lowest BCUT2D eigenvalue weighted by Gasteiger charge is -2.13. The molecule has 0 spiro atoms. The Bertz CT molecular complexity index is 949. The molecule has 8 heteroatoms. The largest absolute Gasteiger partial charge is 0.497 e. The van der Waals surface area contributed by atoms with Gasteiger partial charge in [0.15, 0.2) is 5.96 Å². The van der Waals surface area contributed by atoms with Gasteiger partial charge in [0.25, 0.3) is 0 Å². The first-order chi connectivity index (χ1) is 14.6. The normalized spacial score (nSPS) is 11.2. The average Bonchev–Trinajstić information content (AvgIpc) is 3.35. The maximum Gasteiger partial charge on any atom is 0.191 e. The summed E-state index contributed by atoms with van der Waals surface area (Å²) in [5.41, 5.74) is 4.58. The van der Waals surface area contributed by atoms with Crippen molar-refractivity contribution in [2.45, 2.75) is 33.2 Å². The van der Waals surface area contributed by atoms with Crippen LogP contribution in [0.4, 0.5) is 0 Å². The molecule has 0 radical (unpaired) electrons. The molecule has 0 aliphatic carbocycles. The molecule has 0 aliphatic heterocycles. The lowest BCUT2D eigenvalue weighted by molar-refractivity contribution is 0.414. The fourth-order valence-corrected chi connectivity index (χ4v) is 3.26. The fraction of sp³-hybridized carbons (Fsp3) is 0.391. The predicted octanol–water partition coefficient (Wildman–Crippen LogP) is 3.78. The zero-order chi connectivity index (χ0) is 21.3. The summed E-state index contributed by atoms with van der Waals surface area (Å²) in [5, 5.41) is 11.3. The van der Waals surface area contributed by atoms with Crippen molar-refractivity contribution in [1.82, 2.24) is 20.4 Å². The van der Waals surface area contributed by atoms with Crippen LogP contribution in [-0.4, -0.2) is 35.9 Å². The number of aryl methyl sites for hydroxylation is 2. The molecule has 3 rings (SSSR count). The number of guanidine groups is 1. The van der Waals surface area contributed by atoms with Crippen LogP contribution in [0, 0.1) is 13.8 Å². The quantitative estimate of drug-likeness (QED) is 0.247. The minimum absolute atomic E-state index is 0. The molecule has 0 atom stereocenters. The third-order valence-corrected chi connectivity index (χ3v) is 5.16. The number of rotatable bonds is 9. The van der Waals surface area contributed by atoms with Crippen molar-refractivity contribution in [2.24, 2.45) is 12.0 Å². The van der Waals surface area contributed by atoms with E-state index in [1.807, 2.05) is 42.9 Å². The molecule has 0 fully saturated rings. The molecule has 31 heavy (non-hydrogen) atoms. The highest BCUT2D eigenvalue weighted by Crippen LogP contribution is 2.13. The van der Waals surface area contributed by atoms with E-state index in [1.165, 1.54) is 11.1 Å². The summed E-state index contributed by atoms with van der Waals surface area (Å²) >= 11 is 0. The maximum atomic E-state index is 5.42. The van der Waals surface area contributed by atoms with E-state index in [-0.39, 0.29) is 24.0 Å². The van der Waals surface area contributed by atoms with Gasteiger partial charge >= 0.3 is 0 Å². The van der Waals surface area contributed by atoms with Crippen molar-refractivity contribution >= 4 is 29.9 Å². The van der Waals surface area contributed by atoms with Crippen LogP contribution in [0.15, 0.2) is 52.1 Å². The van der Waals surface area contributed by atoms with Crippen molar-refractivity contribution in [1.29, 1.82) is 0 Å². The summed E-state index contributed by atoms with van der Waals surface area (Å²) in [5.74, 6) is 2.62. The van der Waals surface area contributed by atoms with Crippen LogP contribution in [0.5, 0.6) is 5.75 Å². The highest BCUT2D eigenvalue weighted by atomic mass is 127. The first-order valence-corrected chi connectivity index (χ1v) is 10.2. The molecule has 3 aromatic rings. The summed E-state index contributed by atoms with van der Waals surface area (Å²) in [7, 11) is 3.64. The number of furan rings is 1. The third-order valence-electron chi connectivity index (χ3n) is 5.16. The number of nitrogens with zero attached hydrogens (tertiary/aromatic N) is 3. The number of methoxy groups -OCH3 is 1. The molecule has 0 bridgehead atoms. The van der Waals surface area contributed by atoms with Crippen LogP contribution in [0.2, 0.25) is 0 Å². The van der Waals surface area contributed by atoms with Gasteiger partial charge in [-0.15, -0.1) is 24.0 Å². The monoisotopic (exact) mass is 537 g/mol. The standard InChI is InChI=1S/C23H31N5O2.HI/c1-17-22(18(2)28(3)27-17)16-26-23(25-14-12-21-6-5-15-30-21)24-13-11-19-7-9-20(29-4)10-8-19;/h5-10,15H,11-14,16H2,1-4H3,(H2,24,25,26);1H.